The molecule has 112 valence electrons. The number of carbonyl (C=O) groups excluding carboxylic acids is 1. The second-order valence-electron chi connectivity index (χ2n) is 4.09. The minimum atomic E-state index is -1.02. The van der Waals surface area contributed by atoms with E-state index in [0.717, 1.165) is 15.6 Å². The van der Waals surface area contributed by atoms with Crippen molar-refractivity contribution in [3.63, 3.8) is 0 Å². The van der Waals surface area contributed by atoms with Crippen LogP contribution in [0, 0.1) is 0 Å². The van der Waals surface area contributed by atoms with Gasteiger partial charge in [0, 0.05) is 11.9 Å². The molecule has 0 aromatic carbocycles. The Morgan fingerprint density at radius 1 is 1.38 bits per heavy atom. The first-order chi connectivity index (χ1) is 10.1. The summed E-state index contributed by atoms with van der Waals surface area (Å²) in [4.78, 5) is 27.4. The first-order valence-electron chi connectivity index (χ1n) is 6.19. The number of carboxylic acids is 1. The first-order valence-corrected chi connectivity index (χ1v) is 7.95. The van der Waals surface area contributed by atoms with Crippen molar-refractivity contribution in [1.82, 2.24) is 10.3 Å². The zero-order chi connectivity index (χ0) is 15.1. The molecule has 1 amide bonds. The van der Waals surface area contributed by atoms with E-state index in [0.29, 0.717) is 0 Å². The van der Waals surface area contributed by atoms with Crippen molar-refractivity contribution in [3.05, 3.63) is 28.6 Å². The fraction of sp³-hybridized carbons (Fsp3) is 0.308. The third-order valence-electron chi connectivity index (χ3n) is 2.42. The van der Waals surface area contributed by atoms with E-state index in [1.54, 1.807) is 11.3 Å². The average molecular weight is 326 g/mol. The Morgan fingerprint density at radius 3 is 2.95 bits per heavy atom. The summed E-state index contributed by atoms with van der Waals surface area (Å²) in [5.74, 6) is -1.18. The molecule has 2 aromatic heterocycles. The number of hydrogen-bond acceptors (Lipinski definition) is 6. The van der Waals surface area contributed by atoms with Gasteiger partial charge in [0.25, 0.3) is 0 Å². The molecule has 2 heterocycles. The van der Waals surface area contributed by atoms with Crippen molar-refractivity contribution in [2.75, 3.05) is 19.8 Å². The van der Waals surface area contributed by atoms with Gasteiger partial charge in [0.05, 0.1) is 23.6 Å². The number of carboxylic acid groups (broad SMARTS) is 1. The summed E-state index contributed by atoms with van der Waals surface area (Å²) in [6.45, 7) is 0.107. The maximum absolute atomic E-state index is 11.7. The molecule has 0 aliphatic carbocycles. The van der Waals surface area contributed by atoms with Crippen LogP contribution >= 0.6 is 22.7 Å². The van der Waals surface area contributed by atoms with Crippen LogP contribution in [0.5, 0.6) is 0 Å². The molecule has 2 aromatic rings. The standard InChI is InChI=1S/C13H14N2O4S2/c16-11(14-3-4-19-7-12(17)18)6-9-8-21-13(15-9)10-2-1-5-20-10/h1-2,5,8H,3-4,6-7H2,(H,14,16)(H,17,18). The summed E-state index contributed by atoms with van der Waals surface area (Å²) < 4.78 is 4.82. The average Bonchev–Trinajstić information content (AvgIpc) is 3.08. The minimum absolute atomic E-state index is 0.156. The van der Waals surface area contributed by atoms with E-state index in [4.69, 9.17) is 9.84 Å². The number of thiazole rings is 1. The Balaban J connectivity index is 1.72. The van der Waals surface area contributed by atoms with Crippen molar-refractivity contribution in [2.45, 2.75) is 6.42 Å². The van der Waals surface area contributed by atoms with Gasteiger partial charge in [0.1, 0.15) is 11.6 Å². The maximum Gasteiger partial charge on any atom is 0.329 e. The molecule has 0 radical (unpaired) electrons. The number of ether oxygens (including phenoxy) is 1. The van der Waals surface area contributed by atoms with Crippen molar-refractivity contribution in [3.8, 4) is 9.88 Å². The van der Waals surface area contributed by atoms with Gasteiger partial charge in [-0.2, -0.15) is 0 Å². The molecule has 8 heteroatoms. The summed E-state index contributed by atoms with van der Waals surface area (Å²) in [7, 11) is 0. The molecule has 2 N–H and O–H groups in total. The zero-order valence-electron chi connectivity index (χ0n) is 11.1. The van der Waals surface area contributed by atoms with E-state index < -0.39 is 5.97 Å². The molecular formula is C13H14N2O4S2. The van der Waals surface area contributed by atoms with Crippen LogP contribution in [-0.4, -0.2) is 41.7 Å². The number of aliphatic carboxylic acids is 1. The van der Waals surface area contributed by atoms with E-state index in [2.05, 4.69) is 10.3 Å². The number of rotatable bonds is 8. The summed E-state index contributed by atoms with van der Waals surface area (Å²) in [6.07, 6.45) is 0.209. The molecule has 0 atom stereocenters. The third-order valence-corrected chi connectivity index (χ3v) is 4.35. The van der Waals surface area contributed by atoms with Crippen LogP contribution in [0.2, 0.25) is 0 Å². The smallest absolute Gasteiger partial charge is 0.329 e. The van der Waals surface area contributed by atoms with Gasteiger partial charge in [-0.25, -0.2) is 9.78 Å². The Kier molecular flexibility index (Phi) is 5.85. The lowest BCUT2D eigenvalue weighted by molar-refractivity contribution is -0.142. The van der Waals surface area contributed by atoms with Crippen molar-refractivity contribution in [1.29, 1.82) is 0 Å². The Morgan fingerprint density at radius 2 is 2.24 bits per heavy atom. The van der Waals surface area contributed by atoms with Gasteiger partial charge < -0.3 is 15.2 Å². The largest absolute Gasteiger partial charge is 0.480 e. The van der Waals surface area contributed by atoms with Gasteiger partial charge in [-0.3, -0.25) is 4.79 Å². The predicted molar refractivity (Wildman–Crippen MR) is 80.6 cm³/mol. The Labute approximate surface area is 129 Å². The van der Waals surface area contributed by atoms with Gasteiger partial charge in [0.15, 0.2) is 0 Å². The lowest BCUT2D eigenvalue weighted by Gasteiger charge is -2.03. The van der Waals surface area contributed by atoms with E-state index in [1.165, 1.54) is 11.3 Å². The molecule has 0 fully saturated rings. The lowest BCUT2D eigenvalue weighted by atomic mass is 10.3. The SMILES string of the molecule is O=C(O)COCCNC(=O)Cc1csc(-c2cccs2)n1. The van der Waals surface area contributed by atoms with Gasteiger partial charge in [-0.05, 0) is 11.4 Å². The maximum atomic E-state index is 11.7. The monoisotopic (exact) mass is 326 g/mol. The summed E-state index contributed by atoms with van der Waals surface area (Å²) in [6, 6.07) is 3.96. The first kappa shape index (κ1) is 15.6. The molecule has 0 spiro atoms. The predicted octanol–water partition coefficient (Wildman–Crippen LogP) is 1.63. The van der Waals surface area contributed by atoms with E-state index in [1.807, 2.05) is 22.9 Å². The van der Waals surface area contributed by atoms with Crippen LogP contribution in [0.15, 0.2) is 22.9 Å². The zero-order valence-corrected chi connectivity index (χ0v) is 12.7. The fourth-order valence-electron chi connectivity index (χ4n) is 1.55. The second-order valence-corrected chi connectivity index (χ2v) is 5.90. The van der Waals surface area contributed by atoms with Crippen LogP contribution in [0.4, 0.5) is 0 Å². The normalized spacial score (nSPS) is 10.5. The van der Waals surface area contributed by atoms with Crippen LogP contribution in [0.1, 0.15) is 5.69 Å². The quantitative estimate of drug-likeness (QED) is 0.720. The molecule has 0 bridgehead atoms. The highest BCUT2D eigenvalue weighted by molar-refractivity contribution is 7.20. The highest BCUT2D eigenvalue weighted by Crippen LogP contribution is 2.27. The second kappa shape index (κ2) is 7.87. The number of nitrogens with zero attached hydrogens (tertiary/aromatic N) is 1. The fourth-order valence-corrected chi connectivity index (χ4v) is 3.18. The molecule has 0 aliphatic heterocycles. The van der Waals surface area contributed by atoms with Gasteiger partial charge in [-0.15, -0.1) is 22.7 Å². The number of hydrogen-bond donors (Lipinski definition) is 2. The lowest BCUT2D eigenvalue weighted by Crippen LogP contribution is -2.29. The van der Waals surface area contributed by atoms with Crippen molar-refractivity contribution >= 4 is 34.6 Å². The van der Waals surface area contributed by atoms with E-state index >= 15 is 0 Å². The van der Waals surface area contributed by atoms with Crippen LogP contribution < -0.4 is 5.32 Å². The molecule has 0 saturated heterocycles. The van der Waals surface area contributed by atoms with E-state index in [-0.39, 0.29) is 32.1 Å². The number of nitrogens with one attached hydrogen (secondary N) is 1. The third kappa shape index (κ3) is 5.25. The van der Waals surface area contributed by atoms with Gasteiger partial charge in [-0.1, -0.05) is 6.07 Å². The number of thiophene rings is 1. The van der Waals surface area contributed by atoms with E-state index in [9.17, 15) is 9.59 Å². The van der Waals surface area contributed by atoms with Crippen LogP contribution in [0.3, 0.4) is 0 Å². The van der Waals surface area contributed by atoms with Gasteiger partial charge >= 0.3 is 5.97 Å². The highest BCUT2D eigenvalue weighted by atomic mass is 32.1. The van der Waals surface area contributed by atoms with Gasteiger partial charge in [0.2, 0.25) is 5.91 Å². The van der Waals surface area contributed by atoms with Crippen molar-refractivity contribution < 1.29 is 19.4 Å². The Bertz CT molecular complexity index is 595. The van der Waals surface area contributed by atoms with Crippen LogP contribution in [0.25, 0.3) is 9.88 Å². The number of aromatic nitrogens is 1. The molecular weight excluding hydrogens is 312 g/mol. The van der Waals surface area contributed by atoms with Crippen molar-refractivity contribution in [2.24, 2.45) is 0 Å². The topological polar surface area (TPSA) is 88.5 Å². The summed E-state index contributed by atoms with van der Waals surface area (Å²) >= 11 is 3.13. The highest BCUT2D eigenvalue weighted by Gasteiger charge is 2.09. The van der Waals surface area contributed by atoms with Crippen LogP contribution in [-0.2, 0) is 20.7 Å². The molecule has 2 rings (SSSR count). The molecule has 21 heavy (non-hydrogen) atoms. The molecule has 0 aliphatic rings. The molecule has 0 saturated carbocycles. The Hall–Kier alpha value is -1.77. The number of amides is 1. The number of carbonyl (C=O) groups is 2. The molecule has 6 nitrogen and oxygen atoms in total. The molecule has 0 unspecified atom stereocenters. The minimum Gasteiger partial charge on any atom is -0.480 e. The summed E-state index contributed by atoms with van der Waals surface area (Å²) in [5, 5.41) is 15.8. The summed E-state index contributed by atoms with van der Waals surface area (Å²) in [5.41, 5.74) is 0.729.